The van der Waals surface area contributed by atoms with E-state index in [1.54, 1.807) is 0 Å². The molecule has 2 aromatic rings. The molecular formula is C11H12BrN3. The van der Waals surface area contributed by atoms with E-state index in [-0.39, 0.29) is 0 Å². The minimum Gasteiger partial charge on any atom is -0.263 e. The van der Waals surface area contributed by atoms with Crippen molar-refractivity contribution in [2.75, 3.05) is 0 Å². The van der Waals surface area contributed by atoms with E-state index >= 15 is 0 Å². The molecule has 3 nitrogen and oxygen atoms in total. The van der Waals surface area contributed by atoms with Gasteiger partial charge in [0.15, 0.2) is 5.82 Å². The number of rotatable bonds is 3. The first kappa shape index (κ1) is 10.4. The molecule has 2 rings (SSSR count). The van der Waals surface area contributed by atoms with Crippen molar-refractivity contribution in [2.24, 2.45) is 0 Å². The smallest absolute Gasteiger partial charge is 0.151 e. The average Bonchev–Trinajstić information content (AvgIpc) is 2.64. The Morgan fingerprint density at radius 3 is 2.53 bits per heavy atom. The summed E-state index contributed by atoms with van der Waals surface area (Å²) in [7, 11) is 0. The topological polar surface area (TPSA) is 41.6 Å². The Bertz CT molecular complexity index is 433. The minimum absolute atomic E-state index is 0.876. The number of nitrogens with one attached hydrogen (secondary N) is 1. The molecule has 0 aliphatic heterocycles. The van der Waals surface area contributed by atoms with Crippen LogP contribution in [0.4, 0.5) is 0 Å². The van der Waals surface area contributed by atoms with Crippen molar-refractivity contribution in [3.05, 3.63) is 46.0 Å². The van der Waals surface area contributed by atoms with Crippen LogP contribution in [-0.2, 0) is 12.8 Å². The fraction of sp³-hybridized carbons (Fsp3) is 0.273. The Kier molecular flexibility index (Phi) is 3.16. The van der Waals surface area contributed by atoms with E-state index in [1.165, 1.54) is 5.56 Å². The van der Waals surface area contributed by atoms with Crippen LogP contribution in [0.1, 0.15) is 17.2 Å². The van der Waals surface area contributed by atoms with Crippen LogP contribution < -0.4 is 0 Å². The first-order valence-corrected chi connectivity index (χ1v) is 5.65. The van der Waals surface area contributed by atoms with E-state index in [0.29, 0.717) is 0 Å². The van der Waals surface area contributed by atoms with Crippen LogP contribution in [0.15, 0.2) is 28.7 Å². The molecule has 1 heterocycles. The Balaban J connectivity index is 1.96. The summed E-state index contributed by atoms with van der Waals surface area (Å²) in [5.74, 6) is 1.76. The van der Waals surface area contributed by atoms with E-state index in [4.69, 9.17) is 0 Å². The van der Waals surface area contributed by atoms with E-state index in [1.807, 2.05) is 6.92 Å². The molecule has 0 bridgehead atoms. The van der Waals surface area contributed by atoms with Gasteiger partial charge in [-0.1, -0.05) is 28.1 Å². The van der Waals surface area contributed by atoms with Gasteiger partial charge in [0.2, 0.25) is 0 Å². The van der Waals surface area contributed by atoms with E-state index in [9.17, 15) is 0 Å². The van der Waals surface area contributed by atoms with Gasteiger partial charge in [-0.25, -0.2) is 4.98 Å². The second-order valence-electron chi connectivity index (χ2n) is 3.46. The summed E-state index contributed by atoms with van der Waals surface area (Å²) in [4.78, 5) is 4.27. The number of hydrogen-bond donors (Lipinski definition) is 1. The first-order valence-electron chi connectivity index (χ1n) is 4.86. The SMILES string of the molecule is Cc1nc(CCc2ccc(Br)cc2)n[nH]1. The molecule has 0 spiro atoms. The molecular weight excluding hydrogens is 254 g/mol. The van der Waals surface area contributed by atoms with Crippen LogP contribution in [0.25, 0.3) is 0 Å². The van der Waals surface area contributed by atoms with E-state index in [0.717, 1.165) is 29.0 Å². The number of aromatic amines is 1. The predicted octanol–water partition coefficient (Wildman–Crippen LogP) is 2.66. The number of hydrogen-bond acceptors (Lipinski definition) is 2. The maximum atomic E-state index is 4.27. The van der Waals surface area contributed by atoms with Gasteiger partial charge >= 0.3 is 0 Å². The third-order valence-electron chi connectivity index (χ3n) is 2.19. The van der Waals surface area contributed by atoms with Gasteiger partial charge in [0.05, 0.1) is 0 Å². The third kappa shape index (κ3) is 2.89. The molecule has 0 amide bonds. The van der Waals surface area contributed by atoms with Gasteiger partial charge in [-0.3, -0.25) is 5.10 Å². The standard InChI is InChI=1S/C11H12BrN3/c1-8-13-11(15-14-8)7-4-9-2-5-10(12)6-3-9/h2-3,5-6H,4,7H2,1H3,(H,13,14,15). The summed E-state index contributed by atoms with van der Waals surface area (Å²) in [6.07, 6.45) is 1.86. The zero-order valence-electron chi connectivity index (χ0n) is 8.50. The Morgan fingerprint density at radius 1 is 1.20 bits per heavy atom. The molecule has 0 aliphatic rings. The highest BCUT2D eigenvalue weighted by molar-refractivity contribution is 9.10. The quantitative estimate of drug-likeness (QED) is 0.927. The summed E-state index contributed by atoms with van der Waals surface area (Å²) >= 11 is 3.42. The minimum atomic E-state index is 0.876. The monoisotopic (exact) mass is 265 g/mol. The lowest BCUT2D eigenvalue weighted by Gasteiger charge is -1.98. The molecule has 0 saturated carbocycles. The van der Waals surface area contributed by atoms with Crippen LogP contribution in [0, 0.1) is 6.92 Å². The lowest BCUT2D eigenvalue weighted by atomic mass is 10.1. The van der Waals surface area contributed by atoms with Gasteiger partial charge in [-0.2, -0.15) is 5.10 Å². The number of benzene rings is 1. The molecule has 1 aromatic carbocycles. The normalized spacial score (nSPS) is 10.5. The zero-order valence-corrected chi connectivity index (χ0v) is 10.1. The highest BCUT2D eigenvalue weighted by Gasteiger charge is 2.00. The van der Waals surface area contributed by atoms with Crippen molar-refractivity contribution in [1.82, 2.24) is 15.2 Å². The average molecular weight is 266 g/mol. The van der Waals surface area contributed by atoms with E-state index < -0.39 is 0 Å². The lowest BCUT2D eigenvalue weighted by molar-refractivity contribution is 0.865. The Hall–Kier alpha value is -1.16. The molecule has 0 aliphatic carbocycles. The highest BCUT2D eigenvalue weighted by Crippen LogP contribution is 2.11. The van der Waals surface area contributed by atoms with E-state index in [2.05, 4.69) is 55.4 Å². The lowest BCUT2D eigenvalue weighted by Crippen LogP contribution is -1.93. The van der Waals surface area contributed by atoms with Crippen molar-refractivity contribution < 1.29 is 0 Å². The molecule has 78 valence electrons. The second kappa shape index (κ2) is 4.57. The fourth-order valence-corrected chi connectivity index (χ4v) is 1.67. The molecule has 0 saturated heterocycles. The predicted molar refractivity (Wildman–Crippen MR) is 62.7 cm³/mol. The van der Waals surface area contributed by atoms with Gasteiger partial charge in [-0.05, 0) is 31.0 Å². The molecule has 1 N–H and O–H groups in total. The second-order valence-corrected chi connectivity index (χ2v) is 4.38. The Morgan fingerprint density at radius 2 is 1.93 bits per heavy atom. The van der Waals surface area contributed by atoms with Crippen LogP contribution in [0.5, 0.6) is 0 Å². The van der Waals surface area contributed by atoms with Crippen molar-refractivity contribution in [1.29, 1.82) is 0 Å². The molecule has 1 aromatic heterocycles. The number of nitrogens with zero attached hydrogens (tertiary/aromatic N) is 2. The number of H-pyrrole nitrogens is 1. The van der Waals surface area contributed by atoms with Crippen molar-refractivity contribution in [2.45, 2.75) is 19.8 Å². The van der Waals surface area contributed by atoms with Crippen LogP contribution in [0.2, 0.25) is 0 Å². The molecule has 15 heavy (non-hydrogen) atoms. The summed E-state index contributed by atoms with van der Waals surface area (Å²) in [6, 6.07) is 8.34. The third-order valence-corrected chi connectivity index (χ3v) is 2.72. The Labute approximate surface area is 97.1 Å². The number of aryl methyl sites for hydroxylation is 3. The molecule has 0 radical (unpaired) electrons. The summed E-state index contributed by atoms with van der Waals surface area (Å²) in [5.41, 5.74) is 1.31. The maximum Gasteiger partial charge on any atom is 0.151 e. The summed E-state index contributed by atoms with van der Waals surface area (Å²) in [5, 5.41) is 6.95. The van der Waals surface area contributed by atoms with Gasteiger partial charge in [-0.15, -0.1) is 0 Å². The first-order chi connectivity index (χ1) is 7.24. The van der Waals surface area contributed by atoms with Crippen molar-refractivity contribution in [3.63, 3.8) is 0 Å². The van der Waals surface area contributed by atoms with Gasteiger partial charge in [0, 0.05) is 10.9 Å². The highest BCUT2D eigenvalue weighted by atomic mass is 79.9. The number of aromatic nitrogens is 3. The number of halogens is 1. The van der Waals surface area contributed by atoms with Gasteiger partial charge in [0.25, 0.3) is 0 Å². The van der Waals surface area contributed by atoms with Crippen LogP contribution in [-0.4, -0.2) is 15.2 Å². The maximum absolute atomic E-state index is 4.27. The molecule has 0 fully saturated rings. The summed E-state index contributed by atoms with van der Waals surface area (Å²) in [6.45, 7) is 1.91. The summed E-state index contributed by atoms with van der Waals surface area (Å²) < 4.78 is 1.11. The molecule has 0 unspecified atom stereocenters. The van der Waals surface area contributed by atoms with Gasteiger partial charge in [0.1, 0.15) is 5.82 Å². The zero-order chi connectivity index (χ0) is 10.7. The fourth-order valence-electron chi connectivity index (χ4n) is 1.41. The van der Waals surface area contributed by atoms with Crippen LogP contribution >= 0.6 is 15.9 Å². The van der Waals surface area contributed by atoms with Crippen LogP contribution in [0.3, 0.4) is 0 Å². The molecule has 0 atom stereocenters. The molecule has 4 heteroatoms. The largest absolute Gasteiger partial charge is 0.263 e. The van der Waals surface area contributed by atoms with Gasteiger partial charge < -0.3 is 0 Å². The van der Waals surface area contributed by atoms with Crippen molar-refractivity contribution in [3.8, 4) is 0 Å². The van der Waals surface area contributed by atoms with Crippen molar-refractivity contribution >= 4 is 15.9 Å².